The lowest BCUT2D eigenvalue weighted by Crippen LogP contribution is -2.48. The number of sulfone groups is 1. The van der Waals surface area contributed by atoms with Crippen LogP contribution in [0.4, 0.5) is 0 Å². The van der Waals surface area contributed by atoms with Gasteiger partial charge in [-0.25, -0.2) is 8.42 Å². The highest BCUT2D eigenvalue weighted by atomic mass is 32.2. The van der Waals surface area contributed by atoms with Crippen LogP contribution >= 0.6 is 0 Å². The normalized spacial score (nSPS) is 20.8. The molecule has 7 heteroatoms. The van der Waals surface area contributed by atoms with Gasteiger partial charge in [0.15, 0.2) is 0 Å². The van der Waals surface area contributed by atoms with E-state index in [1.807, 2.05) is 6.92 Å². The van der Waals surface area contributed by atoms with Crippen LogP contribution in [-0.2, 0) is 19.4 Å². The number of rotatable bonds is 6. The molecule has 3 N–H and O–H groups in total. The van der Waals surface area contributed by atoms with Crippen LogP contribution in [0.5, 0.6) is 0 Å². The van der Waals surface area contributed by atoms with Crippen LogP contribution in [0.2, 0.25) is 0 Å². The molecule has 112 valence electrons. The Morgan fingerprint density at radius 1 is 1.42 bits per heavy atom. The molecule has 0 aromatic rings. The Bertz CT molecular complexity index is 391. The largest absolute Gasteiger partial charge is 0.381 e. The van der Waals surface area contributed by atoms with Crippen LogP contribution in [-0.4, -0.2) is 51.6 Å². The molecule has 0 aliphatic carbocycles. The first-order valence-electron chi connectivity index (χ1n) is 6.61. The second kappa shape index (κ2) is 7.21. The molecular formula is C12H24N2O4S. The van der Waals surface area contributed by atoms with Gasteiger partial charge in [-0.2, -0.15) is 0 Å². The molecule has 0 saturated carbocycles. The summed E-state index contributed by atoms with van der Waals surface area (Å²) in [6.07, 6.45) is 3.16. The first-order chi connectivity index (χ1) is 8.79. The highest BCUT2D eigenvalue weighted by molar-refractivity contribution is 7.90. The molecule has 0 aromatic carbocycles. The van der Waals surface area contributed by atoms with E-state index < -0.39 is 15.9 Å². The van der Waals surface area contributed by atoms with Crippen molar-refractivity contribution in [3.63, 3.8) is 0 Å². The molecule has 1 aliphatic heterocycles. The van der Waals surface area contributed by atoms with E-state index in [-0.39, 0.29) is 24.1 Å². The summed E-state index contributed by atoms with van der Waals surface area (Å²) in [6, 6.07) is -0.724. The molecule has 0 aromatic heterocycles. The Morgan fingerprint density at radius 2 is 2.00 bits per heavy atom. The number of nitrogens with two attached hydrogens (primary N) is 1. The van der Waals surface area contributed by atoms with Crippen molar-refractivity contribution in [3.05, 3.63) is 0 Å². The molecular weight excluding hydrogens is 268 g/mol. The first kappa shape index (κ1) is 16.4. The minimum absolute atomic E-state index is 0.0423. The zero-order valence-electron chi connectivity index (χ0n) is 11.6. The molecule has 0 bridgehead atoms. The SMILES string of the molecule is CC(NC(=O)C(N)CCS(C)(=O)=O)C1CCOCC1. The zero-order valence-corrected chi connectivity index (χ0v) is 12.4. The van der Waals surface area contributed by atoms with E-state index in [1.54, 1.807) is 0 Å². The smallest absolute Gasteiger partial charge is 0.237 e. The van der Waals surface area contributed by atoms with E-state index in [1.165, 1.54) is 0 Å². The number of nitrogens with one attached hydrogen (secondary N) is 1. The lowest BCUT2D eigenvalue weighted by atomic mass is 9.93. The minimum atomic E-state index is -3.08. The molecule has 1 amide bonds. The van der Waals surface area contributed by atoms with Gasteiger partial charge in [0, 0.05) is 25.5 Å². The monoisotopic (exact) mass is 292 g/mol. The van der Waals surface area contributed by atoms with E-state index in [4.69, 9.17) is 10.5 Å². The predicted molar refractivity (Wildman–Crippen MR) is 73.5 cm³/mol. The van der Waals surface area contributed by atoms with Gasteiger partial charge in [-0.1, -0.05) is 0 Å². The van der Waals surface area contributed by atoms with Crippen molar-refractivity contribution in [2.45, 2.75) is 38.3 Å². The third-order valence-corrected chi connectivity index (χ3v) is 4.46. The zero-order chi connectivity index (χ0) is 14.5. The Labute approximate surface area is 115 Å². The Balaban J connectivity index is 2.36. The highest BCUT2D eigenvalue weighted by Crippen LogP contribution is 2.18. The quantitative estimate of drug-likeness (QED) is 0.699. The summed E-state index contributed by atoms with van der Waals surface area (Å²) in [5.74, 6) is 0.0650. The van der Waals surface area contributed by atoms with Crippen LogP contribution in [0.1, 0.15) is 26.2 Å². The van der Waals surface area contributed by atoms with Crippen LogP contribution in [0.3, 0.4) is 0 Å². The topological polar surface area (TPSA) is 98.5 Å². The van der Waals surface area contributed by atoms with Crippen molar-refractivity contribution in [2.75, 3.05) is 25.2 Å². The van der Waals surface area contributed by atoms with Crippen molar-refractivity contribution in [1.29, 1.82) is 0 Å². The lowest BCUT2D eigenvalue weighted by Gasteiger charge is -2.29. The van der Waals surface area contributed by atoms with Crippen LogP contribution in [0, 0.1) is 5.92 Å². The van der Waals surface area contributed by atoms with E-state index in [0.29, 0.717) is 5.92 Å². The fraction of sp³-hybridized carbons (Fsp3) is 0.917. The van der Waals surface area contributed by atoms with Crippen molar-refractivity contribution >= 4 is 15.7 Å². The van der Waals surface area contributed by atoms with Crippen molar-refractivity contribution in [1.82, 2.24) is 5.32 Å². The molecule has 1 saturated heterocycles. The molecule has 6 nitrogen and oxygen atoms in total. The average Bonchev–Trinajstić information content (AvgIpc) is 2.36. The lowest BCUT2D eigenvalue weighted by molar-refractivity contribution is -0.123. The number of amides is 1. The average molecular weight is 292 g/mol. The summed E-state index contributed by atoms with van der Waals surface area (Å²) < 4.78 is 27.3. The number of carbonyl (C=O) groups excluding carboxylic acids is 1. The maximum absolute atomic E-state index is 11.9. The van der Waals surface area contributed by atoms with Gasteiger partial charge in [0.2, 0.25) is 5.91 Å². The number of ether oxygens (including phenoxy) is 1. The van der Waals surface area contributed by atoms with Gasteiger partial charge < -0.3 is 15.8 Å². The van der Waals surface area contributed by atoms with E-state index in [9.17, 15) is 13.2 Å². The van der Waals surface area contributed by atoms with Gasteiger partial charge in [-0.3, -0.25) is 4.79 Å². The van der Waals surface area contributed by atoms with E-state index in [2.05, 4.69) is 5.32 Å². The van der Waals surface area contributed by atoms with Gasteiger partial charge in [-0.15, -0.1) is 0 Å². The Morgan fingerprint density at radius 3 is 2.53 bits per heavy atom. The fourth-order valence-electron chi connectivity index (χ4n) is 2.14. The summed E-state index contributed by atoms with van der Waals surface area (Å²) in [7, 11) is -3.08. The van der Waals surface area contributed by atoms with Crippen molar-refractivity contribution in [3.8, 4) is 0 Å². The van der Waals surface area contributed by atoms with Crippen LogP contribution in [0.15, 0.2) is 0 Å². The van der Waals surface area contributed by atoms with Gasteiger partial charge in [0.05, 0.1) is 11.8 Å². The second-order valence-electron chi connectivity index (χ2n) is 5.27. The first-order valence-corrected chi connectivity index (χ1v) is 8.67. The summed E-state index contributed by atoms with van der Waals surface area (Å²) in [4.78, 5) is 11.9. The Hall–Kier alpha value is -0.660. The summed E-state index contributed by atoms with van der Waals surface area (Å²) in [6.45, 7) is 3.41. The van der Waals surface area contributed by atoms with E-state index in [0.717, 1.165) is 32.3 Å². The third kappa shape index (κ3) is 6.35. The molecule has 1 rings (SSSR count). The van der Waals surface area contributed by atoms with Gasteiger partial charge >= 0.3 is 0 Å². The fourth-order valence-corrected chi connectivity index (χ4v) is 2.82. The summed E-state index contributed by atoms with van der Waals surface area (Å²) >= 11 is 0. The number of hydrogen-bond acceptors (Lipinski definition) is 5. The molecule has 0 radical (unpaired) electrons. The number of carbonyl (C=O) groups is 1. The molecule has 2 unspecified atom stereocenters. The third-order valence-electron chi connectivity index (χ3n) is 3.48. The van der Waals surface area contributed by atoms with E-state index >= 15 is 0 Å². The molecule has 1 fully saturated rings. The van der Waals surface area contributed by atoms with Crippen molar-refractivity contribution in [2.24, 2.45) is 11.7 Å². The summed E-state index contributed by atoms with van der Waals surface area (Å²) in [5, 5.41) is 2.87. The molecule has 1 aliphatic rings. The van der Waals surface area contributed by atoms with Crippen LogP contribution < -0.4 is 11.1 Å². The maximum Gasteiger partial charge on any atom is 0.237 e. The highest BCUT2D eigenvalue weighted by Gasteiger charge is 2.24. The summed E-state index contributed by atoms with van der Waals surface area (Å²) in [5.41, 5.74) is 5.70. The molecule has 0 spiro atoms. The molecule has 2 atom stereocenters. The second-order valence-corrected chi connectivity index (χ2v) is 7.53. The maximum atomic E-state index is 11.9. The van der Waals surface area contributed by atoms with Crippen molar-refractivity contribution < 1.29 is 17.9 Å². The van der Waals surface area contributed by atoms with Gasteiger partial charge in [0.25, 0.3) is 0 Å². The molecule has 1 heterocycles. The standard InChI is InChI=1S/C12H24N2O4S/c1-9(10-3-6-18-7-4-10)14-12(15)11(13)5-8-19(2,16)17/h9-11H,3-8,13H2,1-2H3,(H,14,15). The van der Waals surface area contributed by atoms with Crippen LogP contribution in [0.25, 0.3) is 0 Å². The molecule has 19 heavy (non-hydrogen) atoms. The van der Waals surface area contributed by atoms with Gasteiger partial charge in [-0.05, 0) is 32.1 Å². The van der Waals surface area contributed by atoms with Gasteiger partial charge in [0.1, 0.15) is 9.84 Å². The minimum Gasteiger partial charge on any atom is -0.381 e. The number of hydrogen-bond donors (Lipinski definition) is 2. The predicted octanol–water partition coefficient (Wildman–Crippen LogP) is -0.320. The Kier molecular flexibility index (Phi) is 6.22.